The zero-order valence-corrected chi connectivity index (χ0v) is 10.2. The lowest BCUT2D eigenvalue weighted by Gasteiger charge is -2.27. The Morgan fingerprint density at radius 1 is 1.39 bits per heavy atom. The van der Waals surface area contributed by atoms with Crippen molar-refractivity contribution in [2.45, 2.75) is 12.6 Å². The molecule has 0 radical (unpaired) electrons. The molecule has 5 nitrogen and oxygen atoms in total. The average molecular weight is 248 g/mol. The predicted molar refractivity (Wildman–Crippen MR) is 65.4 cm³/mol. The second-order valence-electron chi connectivity index (χ2n) is 4.28. The monoisotopic (exact) mass is 248 g/mol. The molecule has 1 aliphatic rings. The summed E-state index contributed by atoms with van der Waals surface area (Å²) in [5, 5.41) is 8.84. The van der Waals surface area contributed by atoms with E-state index in [0.29, 0.717) is 0 Å². The van der Waals surface area contributed by atoms with E-state index in [1.54, 1.807) is 11.9 Å². The van der Waals surface area contributed by atoms with Gasteiger partial charge in [0.15, 0.2) is 0 Å². The minimum Gasteiger partial charge on any atom is -0.396 e. The Hall–Kier alpha value is -1.88. The van der Waals surface area contributed by atoms with Crippen molar-refractivity contribution in [2.75, 3.05) is 20.2 Å². The van der Waals surface area contributed by atoms with Crippen LogP contribution in [0.1, 0.15) is 18.2 Å². The van der Waals surface area contributed by atoms with Crippen molar-refractivity contribution < 1.29 is 14.7 Å². The van der Waals surface area contributed by atoms with Gasteiger partial charge in [-0.25, -0.2) is 0 Å². The molecule has 0 spiro atoms. The van der Waals surface area contributed by atoms with Crippen LogP contribution in [0.25, 0.3) is 0 Å². The van der Waals surface area contributed by atoms with E-state index in [2.05, 4.69) is 0 Å². The van der Waals surface area contributed by atoms with Gasteiger partial charge in [-0.05, 0) is 5.56 Å². The SMILES string of the molecule is CN1C(=O)CN(C(=O)CCO)C1c1ccccc1. The number of likely N-dealkylation sites (N-methyl/N-ethyl adjacent to an activating group) is 1. The summed E-state index contributed by atoms with van der Waals surface area (Å²) in [6.07, 6.45) is -0.317. The largest absolute Gasteiger partial charge is 0.396 e. The standard InChI is InChI=1S/C13H16N2O3/c1-14-12(18)9-15(11(17)7-8-16)13(14)10-5-3-2-4-6-10/h2-6,13,16H,7-9H2,1H3. The van der Waals surface area contributed by atoms with Crippen LogP contribution in [-0.2, 0) is 9.59 Å². The quantitative estimate of drug-likeness (QED) is 0.840. The van der Waals surface area contributed by atoms with Crippen molar-refractivity contribution in [3.63, 3.8) is 0 Å². The second kappa shape index (κ2) is 5.18. The van der Waals surface area contributed by atoms with E-state index < -0.39 is 0 Å². The molecule has 1 atom stereocenters. The van der Waals surface area contributed by atoms with Gasteiger partial charge in [-0.15, -0.1) is 0 Å². The zero-order valence-electron chi connectivity index (χ0n) is 10.2. The fourth-order valence-electron chi connectivity index (χ4n) is 2.18. The van der Waals surface area contributed by atoms with Crippen LogP contribution in [-0.4, -0.2) is 46.9 Å². The first-order chi connectivity index (χ1) is 8.65. The highest BCUT2D eigenvalue weighted by Crippen LogP contribution is 2.29. The Labute approximate surface area is 106 Å². The van der Waals surface area contributed by atoms with Gasteiger partial charge in [-0.1, -0.05) is 30.3 Å². The Kier molecular flexibility index (Phi) is 3.62. The zero-order chi connectivity index (χ0) is 13.1. The third kappa shape index (κ3) is 2.22. The summed E-state index contributed by atoms with van der Waals surface area (Å²) >= 11 is 0. The number of hydrogen-bond donors (Lipinski definition) is 1. The average Bonchev–Trinajstić information content (AvgIpc) is 2.67. The van der Waals surface area contributed by atoms with Crippen LogP contribution in [0.3, 0.4) is 0 Å². The Morgan fingerprint density at radius 2 is 2.06 bits per heavy atom. The molecular formula is C13H16N2O3. The molecule has 0 aromatic heterocycles. The Bertz CT molecular complexity index is 447. The molecule has 1 aliphatic heterocycles. The molecule has 2 rings (SSSR count). The van der Waals surface area contributed by atoms with Crippen LogP contribution in [0.5, 0.6) is 0 Å². The summed E-state index contributed by atoms with van der Waals surface area (Å²) in [6.45, 7) is -0.121. The molecule has 0 saturated carbocycles. The number of aliphatic hydroxyl groups excluding tert-OH is 1. The van der Waals surface area contributed by atoms with E-state index >= 15 is 0 Å². The first kappa shape index (κ1) is 12.6. The Balaban J connectivity index is 2.29. The van der Waals surface area contributed by atoms with E-state index in [1.807, 2.05) is 30.3 Å². The molecule has 5 heteroatoms. The lowest BCUT2D eigenvalue weighted by Crippen LogP contribution is -2.34. The molecule has 2 amide bonds. The topological polar surface area (TPSA) is 60.9 Å². The maximum absolute atomic E-state index is 11.9. The molecule has 1 aromatic carbocycles. The van der Waals surface area contributed by atoms with Gasteiger partial charge in [0.1, 0.15) is 12.7 Å². The number of nitrogens with zero attached hydrogens (tertiary/aromatic N) is 2. The van der Waals surface area contributed by atoms with Gasteiger partial charge < -0.3 is 14.9 Å². The number of benzene rings is 1. The normalized spacial score (nSPS) is 19.4. The smallest absolute Gasteiger partial charge is 0.243 e. The predicted octanol–water partition coefficient (Wildman–Crippen LogP) is 0.368. The van der Waals surface area contributed by atoms with E-state index in [1.165, 1.54) is 4.90 Å². The highest BCUT2D eigenvalue weighted by Gasteiger charge is 2.38. The van der Waals surface area contributed by atoms with Crippen LogP contribution in [0.2, 0.25) is 0 Å². The van der Waals surface area contributed by atoms with Crippen molar-refractivity contribution in [3.05, 3.63) is 35.9 Å². The molecule has 1 unspecified atom stereocenters. The minimum absolute atomic E-state index is 0.0461. The van der Waals surface area contributed by atoms with Gasteiger partial charge in [0.2, 0.25) is 11.8 Å². The number of aliphatic hydroxyl groups is 1. The molecule has 0 aliphatic carbocycles. The molecule has 1 N–H and O–H groups in total. The summed E-state index contributed by atoms with van der Waals surface area (Å²) in [5.74, 6) is -0.292. The van der Waals surface area contributed by atoms with E-state index in [4.69, 9.17) is 5.11 Å². The van der Waals surface area contributed by atoms with Gasteiger partial charge in [0.25, 0.3) is 0 Å². The fraction of sp³-hybridized carbons (Fsp3) is 0.385. The summed E-state index contributed by atoms with van der Waals surface area (Å²) in [6, 6.07) is 9.42. The van der Waals surface area contributed by atoms with Crippen molar-refractivity contribution in [1.29, 1.82) is 0 Å². The molecule has 18 heavy (non-hydrogen) atoms. The number of carbonyl (C=O) groups excluding carboxylic acids is 2. The van der Waals surface area contributed by atoms with Crippen molar-refractivity contribution >= 4 is 11.8 Å². The molecule has 0 bridgehead atoms. The van der Waals surface area contributed by atoms with Gasteiger partial charge >= 0.3 is 0 Å². The van der Waals surface area contributed by atoms with Crippen molar-refractivity contribution in [1.82, 2.24) is 9.80 Å². The van der Waals surface area contributed by atoms with Gasteiger partial charge in [0, 0.05) is 13.5 Å². The molecule has 1 saturated heterocycles. The molecule has 1 aromatic rings. The summed E-state index contributed by atoms with van der Waals surface area (Å²) in [5.41, 5.74) is 0.900. The van der Waals surface area contributed by atoms with Gasteiger partial charge in [-0.3, -0.25) is 9.59 Å². The van der Waals surface area contributed by atoms with E-state index in [-0.39, 0.29) is 37.6 Å². The maximum atomic E-state index is 11.9. The molecule has 96 valence electrons. The van der Waals surface area contributed by atoms with Gasteiger partial charge in [-0.2, -0.15) is 0 Å². The minimum atomic E-state index is -0.363. The highest BCUT2D eigenvalue weighted by molar-refractivity contribution is 5.88. The first-order valence-corrected chi connectivity index (χ1v) is 5.86. The lowest BCUT2D eigenvalue weighted by atomic mass is 10.1. The summed E-state index contributed by atoms with van der Waals surface area (Å²) < 4.78 is 0. The number of amides is 2. The van der Waals surface area contributed by atoms with Crippen LogP contribution in [0.15, 0.2) is 30.3 Å². The van der Waals surface area contributed by atoms with E-state index in [9.17, 15) is 9.59 Å². The lowest BCUT2D eigenvalue weighted by molar-refractivity contribution is -0.134. The molecule has 1 heterocycles. The van der Waals surface area contributed by atoms with E-state index in [0.717, 1.165) is 5.56 Å². The second-order valence-corrected chi connectivity index (χ2v) is 4.28. The maximum Gasteiger partial charge on any atom is 0.243 e. The fourth-order valence-corrected chi connectivity index (χ4v) is 2.18. The third-order valence-corrected chi connectivity index (χ3v) is 3.10. The van der Waals surface area contributed by atoms with Crippen LogP contribution in [0, 0.1) is 0 Å². The highest BCUT2D eigenvalue weighted by atomic mass is 16.3. The van der Waals surface area contributed by atoms with Crippen LogP contribution >= 0.6 is 0 Å². The number of hydrogen-bond acceptors (Lipinski definition) is 3. The van der Waals surface area contributed by atoms with Crippen molar-refractivity contribution in [2.24, 2.45) is 0 Å². The number of carbonyl (C=O) groups is 2. The molecule has 1 fully saturated rings. The molecular weight excluding hydrogens is 232 g/mol. The van der Waals surface area contributed by atoms with Crippen LogP contribution in [0.4, 0.5) is 0 Å². The van der Waals surface area contributed by atoms with Gasteiger partial charge in [0.05, 0.1) is 6.61 Å². The first-order valence-electron chi connectivity index (χ1n) is 5.86. The third-order valence-electron chi connectivity index (χ3n) is 3.10. The van der Waals surface area contributed by atoms with Crippen LogP contribution < -0.4 is 0 Å². The van der Waals surface area contributed by atoms with Crippen molar-refractivity contribution in [3.8, 4) is 0 Å². The summed E-state index contributed by atoms with van der Waals surface area (Å²) in [7, 11) is 1.69. The Morgan fingerprint density at radius 3 is 2.67 bits per heavy atom. The number of rotatable bonds is 3. The summed E-state index contributed by atoms with van der Waals surface area (Å²) in [4.78, 5) is 26.7.